The molecule has 19 heavy (non-hydrogen) atoms. The highest BCUT2D eigenvalue weighted by Gasteiger charge is 2.48. The van der Waals surface area contributed by atoms with E-state index in [-0.39, 0.29) is 11.8 Å². The van der Waals surface area contributed by atoms with Crippen molar-refractivity contribution in [1.82, 2.24) is 4.98 Å². The standard InChI is InChI=1S/C14H16N2O3/c17-13(10-6-11(10)14(18)19)16-9-5-8-3-1-2-4-12(8)15-7-9/h5,7,10-11H,1-4,6H2,(H,16,17)(H,18,19). The molecule has 1 fully saturated rings. The fourth-order valence-corrected chi connectivity index (χ4v) is 2.65. The van der Waals surface area contributed by atoms with E-state index in [0.717, 1.165) is 25.0 Å². The first-order chi connectivity index (χ1) is 9.15. The fraction of sp³-hybridized carbons (Fsp3) is 0.500. The number of nitrogens with one attached hydrogen (secondary N) is 1. The van der Waals surface area contributed by atoms with Crippen molar-refractivity contribution in [2.24, 2.45) is 11.8 Å². The van der Waals surface area contributed by atoms with Crippen LogP contribution in [-0.4, -0.2) is 22.0 Å². The van der Waals surface area contributed by atoms with Crippen molar-refractivity contribution in [3.8, 4) is 0 Å². The highest BCUT2D eigenvalue weighted by molar-refractivity contribution is 5.98. The molecule has 1 heterocycles. The molecule has 2 unspecified atom stereocenters. The number of carboxylic acids is 1. The summed E-state index contributed by atoms with van der Waals surface area (Å²) in [5.41, 5.74) is 3.01. The van der Waals surface area contributed by atoms with E-state index in [4.69, 9.17) is 5.11 Å². The van der Waals surface area contributed by atoms with E-state index in [2.05, 4.69) is 10.3 Å². The van der Waals surface area contributed by atoms with Gasteiger partial charge in [0.2, 0.25) is 5.91 Å². The molecule has 0 aliphatic heterocycles. The van der Waals surface area contributed by atoms with Gasteiger partial charge in [-0.25, -0.2) is 0 Å². The zero-order chi connectivity index (χ0) is 13.4. The van der Waals surface area contributed by atoms with E-state index in [0.29, 0.717) is 12.1 Å². The molecule has 1 saturated carbocycles. The fourth-order valence-electron chi connectivity index (χ4n) is 2.65. The van der Waals surface area contributed by atoms with Crippen LogP contribution in [0.5, 0.6) is 0 Å². The number of anilines is 1. The van der Waals surface area contributed by atoms with Crippen LogP contribution in [0.2, 0.25) is 0 Å². The van der Waals surface area contributed by atoms with Gasteiger partial charge in [-0.15, -0.1) is 0 Å². The Labute approximate surface area is 111 Å². The summed E-state index contributed by atoms with van der Waals surface area (Å²) in [6.45, 7) is 0. The van der Waals surface area contributed by atoms with Crippen LogP contribution in [0.1, 0.15) is 30.5 Å². The molecular weight excluding hydrogens is 244 g/mol. The summed E-state index contributed by atoms with van der Waals surface area (Å²) in [5, 5.41) is 11.6. The first-order valence-electron chi connectivity index (χ1n) is 6.66. The van der Waals surface area contributed by atoms with Crippen LogP contribution in [0, 0.1) is 11.8 Å². The second-order valence-electron chi connectivity index (χ2n) is 5.31. The number of rotatable bonds is 3. The summed E-state index contributed by atoms with van der Waals surface area (Å²) in [7, 11) is 0. The Morgan fingerprint density at radius 3 is 2.79 bits per heavy atom. The van der Waals surface area contributed by atoms with Gasteiger partial charge in [0.1, 0.15) is 0 Å². The van der Waals surface area contributed by atoms with Gasteiger partial charge in [0.25, 0.3) is 0 Å². The lowest BCUT2D eigenvalue weighted by molar-refractivity contribution is -0.139. The summed E-state index contributed by atoms with van der Waals surface area (Å²) < 4.78 is 0. The van der Waals surface area contributed by atoms with Crippen molar-refractivity contribution in [2.45, 2.75) is 32.1 Å². The maximum absolute atomic E-state index is 11.9. The van der Waals surface area contributed by atoms with Crippen LogP contribution in [0.15, 0.2) is 12.3 Å². The molecule has 5 nitrogen and oxygen atoms in total. The van der Waals surface area contributed by atoms with E-state index in [9.17, 15) is 9.59 Å². The van der Waals surface area contributed by atoms with Crippen molar-refractivity contribution in [1.29, 1.82) is 0 Å². The number of carbonyl (C=O) groups is 2. The molecule has 2 aliphatic carbocycles. The Morgan fingerprint density at radius 2 is 2.05 bits per heavy atom. The smallest absolute Gasteiger partial charge is 0.307 e. The Morgan fingerprint density at radius 1 is 1.26 bits per heavy atom. The molecule has 1 aromatic heterocycles. The lowest BCUT2D eigenvalue weighted by Gasteiger charge is -2.15. The molecule has 5 heteroatoms. The van der Waals surface area contributed by atoms with Crippen LogP contribution in [-0.2, 0) is 22.4 Å². The average molecular weight is 260 g/mol. The number of nitrogens with zero attached hydrogens (tertiary/aromatic N) is 1. The average Bonchev–Trinajstić information content (AvgIpc) is 3.19. The van der Waals surface area contributed by atoms with Gasteiger partial charge < -0.3 is 10.4 Å². The number of pyridine rings is 1. The zero-order valence-electron chi connectivity index (χ0n) is 10.6. The second-order valence-corrected chi connectivity index (χ2v) is 5.31. The molecule has 1 amide bonds. The third-order valence-corrected chi connectivity index (χ3v) is 3.88. The van der Waals surface area contributed by atoms with Crippen LogP contribution < -0.4 is 5.32 Å². The molecule has 0 spiro atoms. The van der Waals surface area contributed by atoms with Crippen LogP contribution in [0.3, 0.4) is 0 Å². The van der Waals surface area contributed by atoms with Crippen LogP contribution in [0.4, 0.5) is 5.69 Å². The lowest BCUT2D eigenvalue weighted by Crippen LogP contribution is -2.17. The minimum absolute atomic E-state index is 0.204. The number of hydrogen-bond acceptors (Lipinski definition) is 3. The molecule has 0 aromatic carbocycles. The number of aryl methyl sites for hydroxylation is 2. The molecule has 2 aliphatic rings. The predicted molar refractivity (Wildman–Crippen MR) is 68.7 cm³/mol. The van der Waals surface area contributed by atoms with Gasteiger partial charge in [-0.1, -0.05) is 0 Å². The van der Waals surface area contributed by atoms with E-state index >= 15 is 0 Å². The molecule has 0 bridgehead atoms. The topological polar surface area (TPSA) is 79.3 Å². The maximum Gasteiger partial charge on any atom is 0.307 e. The Kier molecular flexibility index (Phi) is 2.97. The number of aliphatic carboxylic acids is 1. The lowest BCUT2D eigenvalue weighted by atomic mass is 9.96. The first kappa shape index (κ1) is 12.1. The predicted octanol–water partition coefficient (Wildman–Crippen LogP) is 1.62. The molecule has 3 rings (SSSR count). The zero-order valence-corrected chi connectivity index (χ0v) is 10.6. The Balaban J connectivity index is 1.67. The summed E-state index contributed by atoms with van der Waals surface area (Å²) in [4.78, 5) is 27.0. The number of carboxylic acid groups (broad SMARTS) is 1. The van der Waals surface area contributed by atoms with Gasteiger partial charge in [-0.3, -0.25) is 14.6 Å². The molecule has 0 saturated heterocycles. The van der Waals surface area contributed by atoms with Crippen LogP contribution >= 0.6 is 0 Å². The van der Waals surface area contributed by atoms with Gasteiger partial charge in [0, 0.05) is 5.69 Å². The molecule has 0 radical (unpaired) electrons. The van der Waals surface area contributed by atoms with E-state index in [1.54, 1.807) is 6.20 Å². The highest BCUT2D eigenvalue weighted by Crippen LogP contribution is 2.39. The minimum atomic E-state index is -0.885. The third-order valence-electron chi connectivity index (χ3n) is 3.88. The summed E-state index contributed by atoms with van der Waals surface area (Å²) >= 11 is 0. The third kappa shape index (κ3) is 2.45. The Hall–Kier alpha value is -1.91. The number of amides is 1. The number of hydrogen-bond donors (Lipinski definition) is 2. The maximum atomic E-state index is 11.9. The van der Waals surface area contributed by atoms with Crippen molar-refractivity contribution in [3.05, 3.63) is 23.5 Å². The van der Waals surface area contributed by atoms with E-state index in [1.807, 2.05) is 6.07 Å². The van der Waals surface area contributed by atoms with Gasteiger partial charge in [0.15, 0.2) is 0 Å². The van der Waals surface area contributed by atoms with Crippen molar-refractivity contribution in [2.75, 3.05) is 5.32 Å². The van der Waals surface area contributed by atoms with E-state index < -0.39 is 11.9 Å². The first-order valence-corrected chi connectivity index (χ1v) is 6.66. The molecule has 2 N–H and O–H groups in total. The van der Waals surface area contributed by atoms with E-state index in [1.165, 1.54) is 12.0 Å². The van der Waals surface area contributed by atoms with Gasteiger partial charge in [0.05, 0.1) is 23.7 Å². The number of aromatic nitrogens is 1. The molecule has 2 atom stereocenters. The molecule has 100 valence electrons. The van der Waals surface area contributed by atoms with Crippen LogP contribution in [0.25, 0.3) is 0 Å². The molecular formula is C14H16N2O3. The summed E-state index contributed by atoms with van der Waals surface area (Å²) in [6.07, 6.45) is 6.46. The largest absolute Gasteiger partial charge is 0.481 e. The van der Waals surface area contributed by atoms with Crippen molar-refractivity contribution < 1.29 is 14.7 Å². The quantitative estimate of drug-likeness (QED) is 0.865. The summed E-state index contributed by atoms with van der Waals surface area (Å²) in [5.74, 6) is -1.98. The molecule has 1 aromatic rings. The minimum Gasteiger partial charge on any atom is -0.481 e. The van der Waals surface area contributed by atoms with Gasteiger partial charge >= 0.3 is 5.97 Å². The normalized spacial score (nSPS) is 24.4. The van der Waals surface area contributed by atoms with Crippen molar-refractivity contribution >= 4 is 17.6 Å². The second kappa shape index (κ2) is 4.64. The summed E-state index contributed by atoms with van der Waals surface area (Å²) in [6, 6.07) is 1.97. The van der Waals surface area contributed by atoms with Crippen molar-refractivity contribution in [3.63, 3.8) is 0 Å². The highest BCUT2D eigenvalue weighted by atomic mass is 16.4. The Bertz CT molecular complexity index is 541. The van der Waals surface area contributed by atoms with Gasteiger partial charge in [-0.2, -0.15) is 0 Å². The number of fused-ring (bicyclic) bond motifs is 1. The monoisotopic (exact) mass is 260 g/mol. The SMILES string of the molecule is O=C(O)C1CC1C(=O)Nc1cnc2c(c1)CCCC2. The van der Waals surface area contributed by atoms with Gasteiger partial charge in [-0.05, 0) is 43.7 Å². The number of carbonyl (C=O) groups excluding carboxylic acids is 1.